The van der Waals surface area contributed by atoms with Crippen LogP contribution >= 0.6 is 22.7 Å². The highest BCUT2D eigenvalue weighted by molar-refractivity contribution is 7.10. The van der Waals surface area contributed by atoms with Crippen molar-refractivity contribution < 1.29 is 9.53 Å². The Kier molecular flexibility index (Phi) is 6.25. The molecule has 31 heavy (non-hydrogen) atoms. The first-order valence-electron chi connectivity index (χ1n) is 9.66. The second-order valence-corrected chi connectivity index (χ2v) is 8.76. The molecule has 4 rings (SSSR count). The van der Waals surface area contributed by atoms with E-state index < -0.39 is 12.0 Å². The minimum Gasteiger partial charge on any atom is -0.458 e. The highest BCUT2D eigenvalue weighted by atomic mass is 32.1. The minimum atomic E-state index is -0.561. The van der Waals surface area contributed by atoms with E-state index in [1.54, 1.807) is 17.6 Å². The Labute approximate surface area is 187 Å². The number of hydrogen-bond acceptors (Lipinski definition) is 6. The predicted molar refractivity (Wildman–Crippen MR) is 126 cm³/mol. The number of ether oxygens (including phenoxy) is 1. The number of nitrogens with zero attached hydrogens (tertiary/aromatic N) is 2. The van der Waals surface area contributed by atoms with E-state index in [-0.39, 0.29) is 12.2 Å². The molecule has 5 nitrogen and oxygen atoms in total. The van der Waals surface area contributed by atoms with E-state index in [1.807, 2.05) is 60.0 Å². The Bertz CT molecular complexity index is 1340. The van der Waals surface area contributed by atoms with E-state index in [2.05, 4.69) is 11.6 Å². The van der Waals surface area contributed by atoms with Gasteiger partial charge in [0.15, 0.2) is 4.80 Å². The summed E-state index contributed by atoms with van der Waals surface area (Å²) >= 11 is 2.80. The van der Waals surface area contributed by atoms with Crippen molar-refractivity contribution >= 4 is 40.8 Å². The first kappa shape index (κ1) is 21.0. The van der Waals surface area contributed by atoms with Gasteiger partial charge in [0.1, 0.15) is 12.6 Å². The van der Waals surface area contributed by atoms with Crippen molar-refractivity contribution in [1.82, 2.24) is 4.57 Å². The van der Waals surface area contributed by atoms with Gasteiger partial charge in [-0.1, -0.05) is 72.5 Å². The van der Waals surface area contributed by atoms with Gasteiger partial charge in [0.2, 0.25) is 0 Å². The zero-order valence-electron chi connectivity index (χ0n) is 16.9. The van der Waals surface area contributed by atoms with Crippen LogP contribution in [-0.4, -0.2) is 17.1 Å². The molecule has 7 heteroatoms. The van der Waals surface area contributed by atoms with E-state index in [0.717, 1.165) is 10.4 Å². The Balaban J connectivity index is 1.81. The van der Waals surface area contributed by atoms with Crippen LogP contribution in [0.4, 0.5) is 0 Å². The maximum atomic E-state index is 13.3. The molecule has 0 radical (unpaired) electrons. The summed E-state index contributed by atoms with van der Waals surface area (Å²) in [4.78, 5) is 32.1. The van der Waals surface area contributed by atoms with Crippen molar-refractivity contribution in [3.05, 3.63) is 108 Å². The number of hydrogen-bond donors (Lipinski definition) is 0. The molecular formula is C24H20N2O3S2. The molecule has 2 aromatic heterocycles. The van der Waals surface area contributed by atoms with Gasteiger partial charge < -0.3 is 4.74 Å². The van der Waals surface area contributed by atoms with Crippen molar-refractivity contribution in [2.45, 2.75) is 13.0 Å². The number of aromatic nitrogens is 1. The van der Waals surface area contributed by atoms with Gasteiger partial charge in [-0.15, -0.1) is 11.3 Å². The summed E-state index contributed by atoms with van der Waals surface area (Å²) in [5, 5.41) is 1.93. The highest BCUT2D eigenvalue weighted by Gasteiger charge is 2.33. The Morgan fingerprint density at radius 2 is 2.06 bits per heavy atom. The third kappa shape index (κ3) is 4.28. The van der Waals surface area contributed by atoms with Crippen LogP contribution < -0.4 is 14.9 Å². The first-order chi connectivity index (χ1) is 15.1. The minimum absolute atomic E-state index is 0.0987. The van der Waals surface area contributed by atoms with Crippen molar-refractivity contribution in [2.24, 2.45) is 4.99 Å². The molecule has 1 aliphatic rings. The first-order valence-corrected chi connectivity index (χ1v) is 11.4. The number of rotatable bonds is 6. The molecule has 0 saturated heterocycles. The van der Waals surface area contributed by atoms with Gasteiger partial charge in [0, 0.05) is 4.88 Å². The summed E-state index contributed by atoms with van der Waals surface area (Å²) in [7, 11) is 0. The molecule has 3 aromatic rings. The Morgan fingerprint density at radius 1 is 1.26 bits per heavy atom. The molecule has 1 aliphatic heterocycles. The van der Waals surface area contributed by atoms with Crippen molar-refractivity contribution in [3.63, 3.8) is 0 Å². The quantitative estimate of drug-likeness (QED) is 0.427. The summed E-state index contributed by atoms with van der Waals surface area (Å²) in [6.45, 7) is 5.46. The molecule has 0 spiro atoms. The molecule has 3 heterocycles. The fourth-order valence-corrected chi connectivity index (χ4v) is 5.16. The zero-order valence-corrected chi connectivity index (χ0v) is 18.5. The molecule has 0 saturated carbocycles. The van der Waals surface area contributed by atoms with Crippen LogP contribution in [0.5, 0.6) is 0 Å². The van der Waals surface area contributed by atoms with E-state index in [4.69, 9.17) is 4.74 Å². The van der Waals surface area contributed by atoms with Gasteiger partial charge in [-0.2, -0.15) is 0 Å². The van der Waals surface area contributed by atoms with Crippen LogP contribution in [0.3, 0.4) is 0 Å². The molecule has 0 N–H and O–H groups in total. The maximum Gasteiger partial charge on any atom is 0.338 e. The number of fused-ring (bicyclic) bond motifs is 1. The van der Waals surface area contributed by atoms with E-state index in [0.29, 0.717) is 20.6 Å². The number of benzene rings is 1. The van der Waals surface area contributed by atoms with Crippen molar-refractivity contribution in [1.29, 1.82) is 0 Å². The lowest BCUT2D eigenvalue weighted by molar-refractivity contribution is -0.138. The van der Waals surface area contributed by atoms with Gasteiger partial charge in [0.25, 0.3) is 5.56 Å². The number of thiazole rings is 1. The largest absolute Gasteiger partial charge is 0.458 e. The lowest BCUT2D eigenvalue weighted by Crippen LogP contribution is -2.39. The summed E-state index contributed by atoms with van der Waals surface area (Å²) in [6.07, 6.45) is 7.10. The summed E-state index contributed by atoms with van der Waals surface area (Å²) in [6, 6.07) is 13.1. The fourth-order valence-electron chi connectivity index (χ4n) is 3.34. The van der Waals surface area contributed by atoms with E-state index in [1.165, 1.54) is 28.7 Å². The van der Waals surface area contributed by atoms with Crippen molar-refractivity contribution in [3.8, 4) is 0 Å². The lowest BCUT2D eigenvalue weighted by atomic mass is 10.0. The molecular weight excluding hydrogens is 428 g/mol. The highest BCUT2D eigenvalue weighted by Crippen LogP contribution is 2.33. The topological polar surface area (TPSA) is 60.7 Å². The summed E-state index contributed by atoms with van der Waals surface area (Å²) in [5.74, 6) is -0.488. The number of carbonyl (C=O) groups excluding carboxylic acids is 1. The second kappa shape index (κ2) is 9.24. The average Bonchev–Trinajstić information content (AvgIpc) is 3.41. The SMILES string of the molecule is C=CCOC(=O)C1=C(C)N=c2s/c(=C\C=C\c3ccccc3)c(=O)n2[C@H]1c1cccs1. The van der Waals surface area contributed by atoms with Gasteiger partial charge in [0.05, 0.1) is 15.8 Å². The molecule has 1 atom stereocenters. The number of thiophene rings is 1. The third-order valence-electron chi connectivity index (χ3n) is 4.72. The van der Waals surface area contributed by atoms with Crippen LogP contribution in [0.15, 0.2) is 87.6 Å². The van der Waals surface area contributed by atoms with E-state index in [9.17, 15) is 9.59 Å². The fraction of sp³-hybridized carbons (Fsp3) is 0.125. The third-order valence-corrected chi connectivity index (χ3v) is 6.65. The molecule has 0 unspecified atom stereocenters. The number of allylic oxidation sites excluding steroid dienone is 2. The van der Waals surface area contributed by atoms with Gasteiger partial charge in [-0.05, 0) is 30.0 Å². The molecule has 0 amide bonds. The molecule has 0 aliphatic carbocycles. The van der Waals surface area contributed by atoms with Crippen LogP contribution in [-0.2, 0) is 9.53 Å². The monoisotopic (exact) mass is 448 g/mol. The number of esters is 1. The van der Waals surface area contributed by atoms with Crippen LogP contribution in [0.2, 0.25) is 0 Å². The van der Waals surface area contributed by atoms with Crippen molar-refractivity contribution in [2.75, 3.05) is 6.61 Å². The normalized spacial score (nSPS) is 16.3. The smallest absolute Gasteiger partial charge is 0.338 e. The van der Waals surface area contributed by atoms with Crippen LogP contribution in [0, 0.1) is 0 Å². The maximum absolute atomic E-state index is 13.3. The number of carbonyl (C=O) groups is 1. The second-order valence-electron chi connectivity index (χ2n) is 6.78. The van der Waals surface area contributed by atoms with Gasteiger partial charge in [-0.25, -0.2) is 9.79 Å². The standard InChI is InChI=1S/C24H20N2O3S2/c1-3-14-29-23(28)20-16(2)25-24-26(21(20)18-13-8-15-30-18)22(27)19(31-24)12-7-11-17-9-5-4-6-10-17/h3-13,15,21H,1,14H2,2H3/b11-7+,19-12-/t21-/m0/s1. The average molecular weight is 449 g/mol. The van der Waals surface area contributed by atoms with Crippen LogP contribution in [0.1, 0.15) is 23.4 Å². The molecule has 0 fully saturated rings. The summed E-state index contributed by atoms with van der Waals surface area (Å²) in [5.41, 5.74) is 1.80. The Hall–Kier alpha value is -3.29. The molecule has 0 bridgehead atoms. The molecule has 156 valence electrons. The van der Waals surface area contributed by atoms with Gasteiger partial charge in [-0.3, -0.25) is 9.36 Å². The zero-order chi connectivity index (χ0) is 21.8. The van der Waals surface area contributed by atoms with Gasteiger partial charge >= 0.3 is 5.97 Å². The lowest BCUT2D eigenvalue weighted by Gasteiger charge is -2.23. The molecule has 1 aromatic carbocycles. The van der Waals surface area contributed by atoms with E-state index >= 15 is 0 Å². The Morgan fingerprint density at radius 3 is 2.77 bits per heavy atom. The van der Waals surface area contributed by atoms with Crippen LogP contribution in [0.25, 0.3) is 12.2 Å². The predicted octanol–water partition coefficient (Wildman–Crippen LogP) is 3.69. The summed E-state index contributed by atoms with van der Waals surface area (Å²) < 4.78 is 7.45.